The van der Waals surface area contributed by atoms with Gasteiger partial charge in [-0.1, -0.05) is 12.1 Å². The molecule has 4 nitrogen and oxygen atoms in total. The molecule has 0 spiro atoms. The lowest BCUT2D eigenvalue weighted by Crippen LogP contribution is -2.43. The van der Waals surface area contributed by atoms with E-state index in [4.69, 9.17) is 5.73 Å². The van der Waals surface area contributed by atoms with Gasteiger partial charge in [-0.2, -0.15) is 0 Å². The van der Waals surface area contributed by atoms with Crippen LogP contribution in [0.5, 0.6) is 5.75 Å². The predicted octanol–water partition coefficient (Wildman–Crippen LogP) is 0.842. The van der Waals surface area contributed by atoms with E-state index in [2.05, 4.69) is 0 Å². The molecule has 1 aromatic rings. The first-order chi connectivity index (χ1) is 7.51. The third kappa shape index (κ3) is 2.17. The first-order valence-corrected chi connectivity index (χ1v) is 5.34. The molecule has 0 atom stereocenters. The molecule has 86 valence electrons. The van der Waals surface area contributed by atoms with E-state index in [0.29, 0.717) is 6.54 Å². The van der Waals surface area contributed by atoms with Crippen LogP contribution in [0.2, 0.25) is 0 Å². The minimum absolute atomic E-state index is 0.0177. The molecular formula is C12H16N2O2. The van der Waals surface area contributed by atoms with Gasteiger partial charge in [-0.15, -0.1) is 0 Å². The fraction of sp³-hybridized carbons (Fsp3) is 0.417. The van der Waals surface area contributed by atoms with Crippen molar-refractivity contribution in [1.82, 2.24) is 4.90 Å². The Balaban J connectivity index is 2.02. The van der Waals surface area contributed by atoms with Crippen molar-refractivity contribution in [3.8, 4) is 5.75 Å². The monoisotopic (exact) mass is 220 g/mol. The van der Waals surface area contributed by atoms with Crippen molar-refractivity contribution >= 4 is 5.91 Å². The third-order valence-corrected chi connectivity index (χ3v) is 2.89. The fourth-order valence-electron chi connectivity index (χ4n) is 1.73. The number of likely N-dealkylation sites (N-methyl/N-ethyl adjacent to an activating group) is 1. The van der Waals surface area contributed by atoms with Gasteiger partial charge in [0.25, 0.3) is 0 Å². The first-order valence-electron chi connectivity index (χ1n) is 5.34. The third-order valence-electron chi connectivity index (χ3n) is 2.89. The average molecular weight is 220 g/mol. The molecular weight excluding hydrogens is 204 g/mol. The maximum absolute atomic E-state index is 11.9. The van der Waals surface area contributed by atoms with Crippen LogP contribution in [0.3, 0.4) is 0 Å². The highest BCUT2D eigenvalue weighted by Gasteiger charge is 2.47. The Morgan fingerprint density at radius 2 is 2.25 bits per heavy atom. The van der Waals surface area contributed by atoms with E-state index in [1.807, 2.05) is 6.07 Å². The van der Waals surface area contributed by atoms with Crippen LogP contribution in [0.15, 0.2) is 24.3 Å². The number of aromatic hydroxyl groups is 1. The molecule has 1 aliphatic rings. The molecule has 0 aliphatic heterocycles. The van der Waals surface area contributed by atoms with Crippen LogP contribution < -0.4 is 5.73 Å². The first kappa shape index (κ1) is 11.0. The summed E-state index contributed by atoms with van der Waals surface area (Å²) in [6.45, 7) is 0.478. The molecule has 0 unspecified atom stereocenters. The van der Waals surface area contributed by atoms with Crippen LogP contribution in [-0.2, 0) is 11.3 Å². The Morgan fingerprint density at radius 3 is 2.81 bits per heavy atom. The highest BCUT2D eigenvalue weighted by molar-refractivity contribution is 5.88. The number of phenols is 1. The molecule has 4 heteroatoms. The summed E-state index contributed by atoms with van der Waals surface area (Å²) in [5.74, 6) is 0.197. The van der Waals surface area contributed by atoms with Gasteiger partial charge in [-0.05, 0) is 30.5 Å². The maximum atomic E-state index is 11.9. The summed E-state index contributed by atoms with van der Waals surface area (Å²) in [6.07, 6.45) is 1.55. The van der Waals surface area contributed by atoms with Gasteiger partial charge in [0.1, 0.15) is 5.75 Å². The number of nitrogens with zero attached hydrogens (tertiary/aromatic N) is 1. The molecule has 1 saturated carbocycles. The zero-order chi connectivity index (χ0) is 11.8. The van der Waals surface area contributed by atoms with Crippen LogP contribution in [0, 0.1) is 0 Å². The molecule has 16 heavy (non-hydrogen) atoms. The summed E-state index contributed by atoms with van der Waals surface area (Å²) in [6, 6.07) is 6.90. The normalized spacial score (nSPS) is 16.9. The Labute approximate surface area is 94.7 Å². The van der Waals surface area contributed by atoms with Gasteiger partial charge in [0, 0.05) is 13.6 Å². The number of amides is 1. The van der Waals surface area contributed by atoms with Crippen molar-refractivity contribution in [1.29, 1.82) is 0 Å². The molecule has 0 aromatic heterocycles. The predicted molar refractivity (Wildman–Crippen MR) is 60.7 cm³/mol. The smallest absolute Gasteiger partial charge is 0.242 e. The lowest BCUT2D eigenvalue weighted by atomic mass is 10.2. The molecule has 1 fully saturated rings. The number of benzene rings is 1. The van der Waals surface area contributed by atoms with Crippen molar-refractivity contribution in [3.63, 3.8) is 0 Å². The van der Waals surface area contributed by atoms with Crippen LogP contribution in [0.1, 0.15) is 18.4 Å². The minimum atomic E-state index is -0.619. The molecule has 1 amide bonds. The van der Waals surface area contributed by atoms with Gasteiger partial charge >= 0.3 is 0 Å². The van der Waals surface area contributed by atoms with Gasteiger partial charge in [-0.25, -0.2) is 0 Å². The highest BCUT2D eigenvalue weighted by Crippen LogP contribution is 2.34. The zero-order valence-corrected chi connectivity index (χ0v) is 9.31. The second kappa shape index (κ2) is 3.79. The quantitative estimate of drug-likeness (QED) is 0.793. The van der Waals surface area contributed by atoms with E-state index in [9.17, 15) is 9.90 Å². The topological polar surface area (TPSA) is 66.6 Å². The van der Waals surface area contributed by atoms with Crippen LogP contribution >= 0.6 is 0 Å². The van der Waals surface area contributed by atoms with Gasteiger partial charge in [0.15, 0.2) is 0 Å². The van der Waals surface area contributed by atoms with Crippen LogP contribution in [0.25, 0.3) is 0 Å². The van der Waals surface area contributed by atoms with E-state index in [1.165, 1.54) is 0 Å². The molecule has 0 saturated heterocycles. The lowest BCUT2D eigenvalue weighted by molar-refractivity contribution is -0.132. The number of carbonyl (C=O) groups excluding carboxylic acids is 1. The lowest BCUT2D eigenvalue weighted by Gasteiger charge is -2.20. The summed E-state index contributed by atoms with van der Waals surface area (Å²) < 4.78 is 0. The van der Waals surface area contributed by atoms with E-state index in [0.717, 1.165) is 18.4 Å². The summed E-state index contributed by atoms with van der Waals surface area (Å²) in [5, 5.41) is 9.31. The standard InChI is InChI=1S/C12H16N2O2/c1-14(11(16)12(13)5-6-12)8-9-3-2-4-10(15)7-9/h2-4,7,15H,5-6,8,13H2,1H3. The summed E-state index contributed by atoms with van der Waals surface area (Å²) in [4.78, 5) is 13.5. The fourth-order valence-corrected chi connectivity index (χ4v) is 1.73. The largest absolute Gasteiger partial charge is 0.508 e. The van der Waals surface area contributed by atoms with Crippen LogP contribution in [0.4, 0.5) is 0 Å². The van der Waals surface area contributed by atoms with Gasteiger partial charge < -0.3 is 15.7 Å². The van der Waals surface area contributed by atoms with Crippen molar-refractivity contribution in [2.75, 3.05) is 7.05 Å². The Kier molecular flexibility index (Phi) is 2.59. The number of hydrogen-bond acceptors (Lipinski definition) is 3. The highest BCUT2D eigenvalue weighted by atomic mass is 16.3. The molecule has 2 rings (SSSR count). The average Bonchev–Trinajstić information content (AvgIpc) is 2.96. The van der Waals surface area contributed by atoms with Crippen molar-refractivity contribution in [2.24, 2.45) is 5.73 Å². The van der Waals surface area contributed by atoms with E-state index >= 15 is 0 Å². The molecule has 0 heterocycles. The summed E-state index contributed by atoms with van der Waals surface area (Å²) >= 11 is 0. The number of carbonyl (C=O) groups is 1. The zero-order valence-electron chi connectivity index (χ0n) is 9.31. The van der Waals surface area contributed by atoms with Crippen molar-refractivity contribution in [3.05, 3.63) is 29.8 Å². The maximum Gasteiger partial charge on any atom is 0.242 e. The Morgan fingerprint density at radius 1 is 1.56 bits per heavy atom. The van der Waals surface area contributed by atoms with E-state index in [1.54, 1.807) is 30.1 Å². The number of rotatable bonds is 3. The Hall–Kier alpha value is -1.55. The second-order valence-corrected chi connectivity index (χ2v) is 4.49. The molecule has 1 aromatic carbocycles. The number of nitrogens with two attached hydrogens (primary N) is 1. The van der Waals surface area contributed by atoms with E-state index in [-0.39, 0.29) is 11.7 Å². The molecule has 0 bridgehead atoms. The van der Waals surface area contributed by atoms with E-state index < -0.39 is 5.54 Å². The Bertz CT molecular complexity index is 413. The second-order valence-electron chi connectivity index (χ2n) is 4.49. The summed E-state index contributed by atoms with van der Waals surface area (Å²) in [5.41, 5.74) is 6.12. The van der Waals surface area contributed by atoms with Gasteiger partial charge in [-0.3, -0.25) is 4.79 Å². The molecule has 1 aliphatic carbocycles. The van der Waals surface area contributed by atoms with Crippen LogP contribution in [-0.4, -0.2) is 28.5 Å². The summed E-state index contributed by atoms with van der Waals surface area (Å²) in [7, 11) is 1.74. The minimum Gasteiger partial charge on any atom is -0.508 e. The van der Waals surface area contributed by atoms with Gasteiger partial charge in [0.2, 0.25) is 5.91 Å². The molecule has 3 N–H and O–H groups in total. The van der Waals surface area contributed by atoms with Crippen molar-refractivity contribution in [2.45, 2.75) is 24.9 Å². The van der Waals surface area contributed by atoms with Gasteiger partial charge in [0.05, 0.1) is 5.54 Å². The van der Waals surface area contributed by atoms with Crippen molar-refractivity contribution < 1.29 is 9.90 Å². The SMILES string of the molecule is CN(Cc1cccc(O)c1)C(=O)C1(N)CC1. The number of hydrogen-bond donors (Lipinski definition) is 2. The number of phenolic OH excluding ortho intramolecular Hbond substituents is 1. The molecule has 0 radical (unpaired) electrons.